The van der Waals surface area contributed by atoms with Gasteiger partial charge in [0.15, 0.2) is 11.0 Å². The number of thioether (sulfide) groups is 1. The lowest BCUT2D eigenvalue weighted by molar-refractivity contribution is -0.384. The molecule has 11 nitrogen and oxygen atoms in total. The summed E-state index contributed by atoms with van der Waals surface area (Å²) < 4.78 is 31.0. The van der Waals surface area contributed by atoms with Crippen molar-refractivity contribution in [1.82, 2.24) is 14.8 Å². The van der Waals surface area contributed by atoms with E-state index < -0.39 is 20.9 Å². The van der Waals surface area contributed by atoms with E-state index in [2.05, 4.69) is 15.5 Å². The molecule has 4 aromatic carbocycles. The highest BCUT2D eigenvalue weighted by Gasteiger charge is 2.28. The predicted molar refractivity (Wildman–Crippen MR) is 175 cm³/mol. The Hall–Kier alpha value is -4.72. The number of nitrogens with zero attached hydrogens (tertiary/aromatic N) is 5. The second kappa shape index (κ2) is 13.5. The van der Waals surface area contributed by atoms with E-state index >= 15 is 0 Å². The van der Waals surface area contributed by atoms with Gasteiger partial charge in [-0.25, -0.2) is 8.42 Å². The van der Waals surface area contributed by atoms with Gasteiger partial charge < -0.3 is 5.32 Å². The Morgan fingerprint density at radius 2 is 1.71 bits per heavy atom. The number of nitro benzene ring substituents is 1. The van der Waals surface area contributed by atoms with Gasteiger partial charge in [-0.05, 0) is 61.9 Å². The highest BCUT2D eigenvalue weighted by Crippen LogP contribution is 2.30. The van der Waals surface area contributed by atoms with Gasteiger partial charge in [-0.2, -0.15) is 0 Å². The van der Waals surface area contributed by atoms with E-state index in [9.17, 15) is 23.3 Å². The van der Waals surface area contributed by atoms with Crippen LogP contribution in [-0.4, -0.2) is 39.8 Å². The number of non-ortho nitro benzene ring substituents is 1. The highest BCUT2D eigenvalue weighted by atomic mass is 35.5. The van der Waals surface area contributed by atoms with E-state index in [1.807, 2.05) is 37.3 Å². The van der Waals surface area contributed by atoms with Gasteiger partial charge >= 0.3 is 0 Å². The summed E-state index contributed by atoms with van der Waals surface area (Å²) >= 11 is 7.37. The molecule has 0 saturated carbocycles. The molecule has 5 rings (SSSR count). The zero-order valence-corrected chi connectivity index (χ0v) is 26.5. The maximum Gasteiger partial charge on any atom is 0.271 e. The number of carbonyl (C=O) groups is 1. The van der Waals surface area contributed by atoms with Gasteiger partial charge in [0.1, 0.15) is 0 Å². The highest BCUT2D eigenvalue weighted by molar-refractivity contribution is 7.99. The van der Waals surface area contributed by atoms with Crippen LogP contribution in [0.15, 0.2) is 107 Å². The molecule has 0 saturated heterocycles. The molecule has 1 heterocycles. The van der Waals surface area contributed by atoms with Crippen LogP contribution in [0.25, 0.3) is 5.69 Å². The molecule has 0 spiro atoms. The summed E-state index contributed by atoms with van der Waals surface area (Å²) in [6.45, 7) is 3.41. The summed E-state index contributed by atoms with van der Waals surface area (Å²) in [5.41, 5.74) is 2.78. The van der Waals surface area contributed by atoms with E-state index in [0.717, 1.165) is 17.3 Å². The molecule has 0 unspecified atom stereocenters. The average Bonchev–Trinajstić information content (AvgIpc) is 3.42. The summed E-state index contributed by atoms with van der Waals surface area (Å²) in [4.78, 5) is 23.7. The fourth-order valence-corrected chi connectivity index (χ4v) is 6.79. The van der Waals surface area contributed by atoms with Crippen LogP contribution >= 0.6 is 23.4 Å². The van der Waals surface area contributed by atoms with Crippen molar-refractivity contribution in [3.63, 3.8) is 0 Å². The average molecular weight is 663 g/mol. The van der Waals surface area contributed by atoms with Crippen molar-refractivity contribution >= 4 is 56.4 Å². The first-order valence-corrected chi connectivity index (χ1v) is 16.4. The summed E-state index contributed by atoms with van der Waals surface area (Å²) in [5, 5.41) is 23.3. The molecule has 1 N–H and O–H groups in total. The van der Waals surface area contributed by atoms with Crippen molar-refractivity contribution in [2.24, 2.45) is 0 Å². The number of sulfonamides is 1. The van der Waals surface area contributed by atoms with Crippen molar-refractivity contribution < 1.29 is 18.1 Å². The third-order valence-electron chi connectivity index (χ3n) is 6.74. The molecule has 1 aromatic heterocycles. The number of hydrogen-bond donors (Lipinski definition) is 1. The molecular formula is C31H27ClN6O5S2. The molecule has 5 aromatic rings. The number of aromatic nitrogens is 3. The number of rotatable bonds is 11. The number of para-hydroxylation sites is 1. The number of carbonyl (C=O) groups excluding carboxylic acids is 1. The van der Waals surface area contributed by atoms with Crippen molar-refractivity contribution in [2.75, 3.05) is 15.4 Å². The Bertz CT molecular complexity index is 1970. The fourth-order valence-electron chi connectivity index (χ4n) is 4.42. The predicted octanol–water partition coefficient (Wildman–Crippen LogP) is 6.57. The standard InChI is InChI=1S/C31H27ClN6O5S2/c1-21-11-15-27(16-12-21)45(42,43)36(25-10-6-7-23(32)17-25)19-29-34-35-31(37(29)24-8-4-3-5-9-24)44-20-30(39)33-28-18-26(38(40)41)14-13-22(28)2/h3-18H,19-20H2,1-2H3,(H,33,39). The van der Waals surface area contributed by atoms with E-state index in [0.29, 0.717) is 38.6 Å². The van der Waals surface area contributed by atoms with Gasteiger partial charge in [0.25, 0.3) is 15.7 Å². The van der Waals surface area contributed by atoms with Crippen molar-refractivity contribution in [1.29, 1.82) is 0 Å². The van der Waals surface area contributed by atoms with Crippen LogP contribution in [0.3, 0.4) is 0 Å². The number of nitro groups is 1. The van der Waals surface area contributed by atoms with E-state index in [4.69, 9.17) is 11.6 Å². The number of nitrogens with one attached hydrogen (secondary N) is 1. The number of halogens is 1. The lowest BCUT2D eigenvalue weighted by Gasteiger charge is -2.25. The summed E-state index contributed by atoms with van der Waals surface area (Å²) in [6.07, 6.45) is 0. The number of hydrogen-bond acceptors (Lipinski definition) is 8. The van der Waals surface area contributed by atoms with E-state index in [1.54, 1.807) is 66.1 Å². The maximum absolute atomic E-state index is 14.0. The largest absolute Gasteiger partial charge is 0.325 e. The smallest absolute Gasteiger partial charge is 0.271 e. The number of amides is 1. The first-order chi connectivity index (χ1) is 21.5. The zero-order valence-electron chi connectivity index (χ0n) is 24.1. The Morgan fingerprint density at radius 1 is 0.978 bits per heavy atom. The zero-order chi connectivity index (χ0) is 32.1. The van der Waals surface area contributed by atoms with Crippen molar-refractivity contribution in [2.45, 2.75) is 30.4 Å². The molecule has 0 atom stereocenters. The third kappa shape index (κ3) is 7.33. The van der Waals surface area contributed by atoms with Crippen LogP contribution < -0.4 is 9.62 Å². The van der Waals surface area contributed by atoms with Gasteiger partial charge in [0, 0.05) is 22.8 Å². The van der Waals surface area contributed by atoms with Gasteiger partial charge in [0.2, 0.25) is 5.91 Å². The summed E-state index contributed by atoms with van der Waals surface area (Å²) in [6, 6.07) is 26.5. The quantitative estimate of drug-likeness (QED) is 0.0951. The third-order valence-corrected chi connectivity index (χ3v) is 9.70. The number of benzene rings is 4. The van der Waals surface area contributed by atoms with E-state index in [-0.39, 0.29) is 22.9 Å². The minimum atomic E-state index is -4.07. The second-order valence-corrected chi connectivity index (χ2v) is 13.2. The van der Waals surface area contributed by atoms with Crippen molar-refractivity contribution in [3.8, 4) is 5.69 Å². The lowest BCUT2D eigenvalue weighted by atomic mass is 10.2. The van der Waals surface area contributed by atoms with Crippen molar-refractivity contribution in [3.05, 3.63) is 129 Å². The molecule has 45 heavy (non-hydrogen) atoms. The molecule has 0 fully saturated rings. The van der Waals surface area contributed by atoms with E-state index in [1.165, 1.54) is 16.4 Å². The fraction of sp³-hybridized carbons (Fsp3) is 0.129. The summed E-state index contributed by atoms with van der Waals surface area (Å²) in [7, 11) is -4.07. The Balaban J connectivity index is 1.48. The van der Waals surface area contributed by atoms with Gasteiger partial charge in [0.05, 0.1) is 33.5 Å². The van der Waals surface area contributed by atoms with Crippen LogP contribution in [-0.2, 0) is 21.4 Å². The lowest BCUT2D eigenvalue weighted by Crippen LogP contribution is -2.31. The Labute approximate surface area is 269 Å². The molecule has 0 bridgehead atoms. The molecule has 1 amide bonds. The normalized spacial score (nSPS) is 11.3. The Morgan fingerprint density at radius 3 is 2.40 bits per heavy atom. The maximum atomic E-state index is 14.0. The second-order valence-electron chi connectivity index (χ2n) is 9.97. The molecule has 14 heteroatoms. The van der Waals surface area contributed by atoms with Crippen LogP contribution in [0.5, 0.6) is 0 Å². The topological polar surface area (TPSA) is 140 Å². The minimum absolute atomic E-state index is 0.0905. The van der Waals surface area contributed by atoms with Gasteiger partial charge in [-0.3, -0.25) is 23.8 Å². The first-order valence-electron chi connectivity index (χ1n) is 13.6. The first kappa shape index (κ1) is 31.7. The monoisotopic (exact) mass is 662 g/mol. The number of anilines is 2. The van der Waals surface area contributed by atoms with Gasteiger partial charge in [-0.15, -0.1) is 10.2 Å². The van der Waals surface area contributed by atoms with Crippen LogP contribution in [0.4, 0.5) is 17.1 Å². The molecule has 0 radical (unpaired) electrons. The minimum Gasteiger partial charge on any atom is -0.325 e. The number of aryl methyl sites for hydroxylation is 2. The van der Waals surface area contributed by atoms with Crippen LogP contribution in [0.2, 0.25) is 5.02 Å². The molecular weight excluding hydrogens is 636 g/mol. The summed E-state index contributed by atoms with van der Waals surface area (Å²) in [5.74, 6) is -0.197. The molecule has 230 valence electrons. The van der Waals surface area contributed by atoms with Gasteiger partial charge in [-0.1, -0.05) is 71.4 Å². The van der Waals surface area contributed by atoms with Crippen LogP contribution in [0.1, 0.15) is 17.0 Å². The molecule has 0 aliphatic rings. The SMILES string of the molecule is Cc1ccc(S(=O)(=O)N(Cc2nnc(SCC(=O)Nc3cc([N+](=O)[O-])ccc3C)n2-c2ccccc2)c2cccc(Cl)c2)cc1. The van der Waals surface area contributed by atoms with Crippen LogP contribution in [0, 0.1) is 24.0 Å². The molecule has 0 aliphatic carbocycles. The molecule has 0 aliphatic heterocycles. The Kier molecular flexibility index (Phi) is 9.51.